The van der Waals surface area contributed by atoms with Crippen LogP contribution in [0, 0.1) is 6.92 Å². The summed E-state index contributed by atoms with van der Waals surface area (Å²) in [6, 6.07) is 12.8. The highest BCUT2D eigenvalue weighted by molar-refractivity contribution is 7.91. The number of nitrogens with zero attached hydrogens (tertiary/aromatic N) is 1. The molecule has 0 bridgehead atoms. The van der Waals surface area contributed by atoms with E-state index in [0.29, 0.717) is 21.6 Å². The van der Waals surface area contributed by atoms with Crippen molar-refractivity contribution in [2.75, 3.05) is 0 Å². The maximum Gasteiger partial charge on any atom is 0.269 e. The number of hydrogen-bond donors (Lipinski definition) is 3. The minimum absolute atomic E-state index is 0.0395. The Morgan fingerprint density at radius 3 is 2.59 bits per heavy atom. The summed E-state index contributed by atoms with van der Waals surface area (Å²) in [5.41, 5.74) is 1.18. The highest BCUT2D eigenvalue weighted by Gasteiger charge is 2.29. The second-order valence-corrected chi connectivity index (χ2v) is 8.84. The zero-order valence-electron chi connectivity index (χ0n) is 15.4. The Labute approximate surface area is 172 Å². The van der Waals surface area contributed by atoms with Crippen molar-refractivity contribution >= 4 is 38.2 Å². The average Bonchev–Trinajstić information content (AvgIpc) is 3.30. The fraction of sp³-hybridized carbons (Fsp3) is 0.100. The normalized spacial score (nSPS) is 11.7. The molecule has 0 saturated heterocycles. The zero-order valence-corrected chi connectivity index (χ0v) is 16.9. The first-order valence-electron chi connectivity index (χ1n) is 8.76. The Morgan fingerprint density at radius 1 is 1.14 bits per heavy atom. The minimum atomic E-state index is -3.96. The zero-order chi connectivity index (χ0) is 20.6. The molecule has 2 aromatic heterocycles. The molecule has 0 atom stereocenters. The van der Waals surface area contributed by atoms with E-state index >= 15 is 0 Å². The highest BCUT2D eigenvalue weighted by atomic mass is 35.5. The van der Waals surface area contributed by atoms with Crippen LogP contribution in [0.15, 0.2) is 64.5 Å². The first-order chi connectivity index (χ1) is 13.9. The third-order valence-electron chi connectivity index (χ3n) is 4.46. The van der Waals surface area contributed by atoms with Gasteiger partial charge in [0.25, 0.3) is 5.91 Å². The van der Waals surface area contributed by atoms with Crippen molar-refractivity contribution in [3.8, 4) is 0 Å². The van der Waals surface area contributed by atoms with Gasteiger partial charge in [-0.25, -0.2) is 13.4 Å². The topological polar surface area (TPSA) is 108 Å². The lowest BCUT2D eigenvalue weighted by molar-refractivity contribution is 0.0943. The molecule has 0 saturated carbocycles. The summed E-state index contributed by atoms with van der Waals surface area (Å²) in [6.07, 6.45) is 1.61. The van der Waals surface area contributed by atoms with E-state index in [-0.39, 0.29) is 22.0 Å². The van der Waals surface area contributed by atoms with E-state index in [4.69, 9.17) is 11.6 Å². The van der Waals surface area contributed by atoms with Crippen molar-refractivity contribution in [2.24, 2.45) is 0 Å². The number of rotatable bonds is 5. The summed E-state index contributed by atoms with van der Waals surface area (Å²) in [7, 11) is -3.96. The quantitative estimate of drug-likeness (QED) is 0.451. The fourth-order valence-electron chi connectivity index (χ4n) is 3.12. The summed E-state index contributed by atoms with van der Waals surface area (Å²) in [5, 5.41) is 3.47. The van der Waals surface area contributed by atoms with Gasteiger partial charge in [0.2, 0.25) is 9.84 Å². The fourth-order valence-corrected chi connectivity index (χ4v) is 4.92. The molecule has 1 amide bonds. The van der Waals surface area contributed by atoms with Crippen molar-refractivity contribution in [3.63, 3.8) is 0 Å². The number of fused-ring (bicyclic) bond motifs is 1. The Hall–Kier alpha value is -3.10. The maximum atomic E-state index is 13.4. The molecule has 4 aromatic rings. The van der Waals surface area contributed by atoms with E-state index < -0.39 is 15.7 Å². The summed E-state index contributed by atoms with van der Waals surface area (Å²) < 4.78 is 26.7. The SMILES string of the molecule is Cc1ncc(CNC(=O)c2[nH]c3ccc(Cl)cc3c2S(=O)(=O)c2ccccc2)[nH]1. The van der Waals surface area contributed by atoms with Crippen LogP contribution in [0.5, 0.6) is 0 Å². The number of H-pyrrole nitrogens is 2. The summed E-state index contributed by atoms with van der Waals surface area (Å²) in [4.78, 5) is 22.9. The van der Waals surface area contributed by atoms with Crippen molar-refractivity contribution in [1.82, 2.24) is 20.3 Å². The lowest BCUT2D eigenvalue weighted by Gasteiger charge is -2.08. The summed E-state index contributed by atoms with van der Waals surface area (Å²) >= 11 is 6.10. The summed E-state index contributed by atoms with van der Waals surface area (Å²) in [5.74, 6) is 0.181. The third-order valence-corrected chi connectivity index (χ3v) is 6.55. The van der Waals surface area contributed by atoms with Crippen molar-refractivity contribution in [3.05, 3.63) is 77.0 Å². The van der Waals surface area contributed by atoms with Gasteiger partial charge in [-0.2, -0.15) is 0 Å². The predicted molar refractivity (Wildman–Crippen MR) is 110 cm³/mol. The molecule has 0 aliphatic heterocycles. The molecule has 2 aromatic carbocycles. The van der Waals surface area contributed by atoms with Gasteiger partial charge in [0.1, 0.15) is 16.4 Å². The monoisotopic (exact) mass is 428 g/mol. The molecule has 0 fully saturated rings. The molecule has 4 rings (SSSR count). The Kier molecular flexibility index (Phi) is 4.89. The molecule has 9 heteroatoms. The lowest BCUT2D eigenvalue weighted by Crippen LogP contribution is -2.25. The van der Waals surface area contributed by atoms with Crippen LogP contribution in [0.3, 0.4) is 0 Å². The molecular formula is C20H17ClN4O3S. The van der Waals surface area contributed by atoms with Crippen LogP contribution in [0.2, 0.25) is 5.02 Å². The smallest absolute Gasteiger partial charge is 0.269 e. The van der Waals surface area contributed by atoms with Gasteiger partial charge in [-0.15, -0.1) is 0 Å². The molecule has 0 spiro atoms. The Bertz CT molecular complexity index is 1310. The van der Waals surface area contributed by atoms with E-state index in [2.05, 4.69) is 20.3 Å². The van der Waals surface area contributed by atoms with Crippen LogP contribution in [0.4, 0.5) is 0 Å². The lowest BCUT2D eigenvalue weighted by atomic mass is 10.2. The third kappa shape index (κ3) is 3.64. The molecule has 29 heavy (non-hydrogen) atoms. The first kappa shape index (κ1) is 19.2. The van der Waals surface area contributed by atoms with Crippen LogP contribution >= 0.6 is 11.6 Å². The van der Waals surface area contributed by atoms with Gasteiger partial charge < -0.3 is 15.3 Å². The van der Waals surface area contributed by atoms with Gasteiger partial charge in [-0.3, -0.25) is 4.79 Å². The molecule has 0 radical (unpaired) electrons. The molecule has 148 valence electrons. The molecule has 0 unspecified atom stereocenters. The molecule has 3 N–H and O–H groups in total. The van der Waals surface area contributed by atoms with Gasteiger partial charge in [0.05, 0.1) is 23.3 Å². The largest absolute Gasteiger partial charge is 0.349 e. The second-order valence-electron chi connectivity index (χ2n) is 6.51. The second kappa shape index (κ2) is 7.38. The van der Waals surface area contributed by atoms with E-state index in [0.717, 1.165) is 5.82 Å². The number of amides is 1. The van der Waals surface area contributed by atoms with E-state index in [1.54, 1.807) is 43.5 Å². The number of aromatic amines is 2. The van der Waals surface area contributed by atoms with Crippen molar-refractivity contribution in [2.45, 2.75) is 23.3 Å². The standard InChI is InChI=1S/C20H17ClN4O3S/c1-12-22-10-14(24-12)11-23-20(26)18-19(16-9-13(21)7-8-17(16)25-18)29(27,28)15-5-3-2-4-6-15/h2-10,25H,11H2,1H3,(H,22,24)(H,23,26). The highest BCUT2D eigenvalue weighted by Crippen LogP contribution is 2.33. The number of carbonyl (C=O) groups is 1. The molecular weight excluding hydrogens is 412 g/mol. The number of benzene rings is 2. The number of imidazole rings is 1. The number of hydrogen-bond acceptors (Lipinski definition) is 4. The van der Waals surface area contributed by atoms with Crippen LogP contribution in [-0.4, -0.2) is 29.3 Å². The number of sulfone groups is 1. The first-order valence-corrected chi connectivity index (χ1v) is 10.6. The van der Waals surface area contributed by atoms with E-state index in [1.165, 1.54) is 18.2 Å². The number of nitrogens with one attached hydrogen (secondary N) is 3. The van der Waals surface area contributed by atoms with E-state index in [9.17, 15) is 13.2 Å². The number of carbonyl (C=O) groups excluding carboxylic acids is 1. The van der Waals surface area contributed by atoms with Crippen LogP contribution < -0.4 is 5.32 Å². The predicted octanol–water partition coefficient (Wildman–Crippen LogP) is 3.62. The Balaban J connectivity index is 1.81. The van der Waals surface area contributed by atoms with Gasteiger partial charge in [-0.05, 0) is 37.3 Å². The molecule has 2 heterocycles. The molecule has 0 aliphatic carbocycles. The van der Waals surface area contributed by atoms with Crippen LogP contribution in [0.25, 0.3) is 10.9 Å². The molecule has 0 aliphatic rings. The molecule has 7 nitrogen and oxygen atoms in total. The van der Waals surface area contributed by atoms with Gasteiger partial charge >= 0.3 is 0 Å². The van der Waals surface area contributed by atoms with Crippen LogP contribution in [-0.2, 0) is 16.4 Å². The number of halogens is 1. The van der Waals surface area contributed by atoms with Crippen LogP contribution in [0.1, 0.15) is 22.0 Å². The van der Waals surface area contributed by atoms with Crippen molar-refractivity contribution in [1.29, 1.82) is 0 Å². The van der Waals surface area contributed by atoms with Gasteiger partial charge in [-0.1, -0.05) is 29.8 Å². The van der Waals surface area contributed by atoms with Gasteiger partial charge in [0, 0.05) is 15.9 Å². The number of aromatic nitrogens is 3. The summed E-state index contributed by atoms with van der Waals surface area (Å²) in [6.45, 7) is 1.98. The van der Waals surface area contributed by atoms with Gasteiger partial charge in [0.15, 0.2) is 0 Å². The van der Waals surface area contributed by atoms with E-state index in [1.807, 2.05) is 0 Å². The average molecular weight is 429 g/mol. The number of aryl methyl sites for hydroxylation is 1. The minimum Gasteiger partial charge on any atom is -0.349 e. The maximum absolute atomic E-state index is 13.4. The Morgan fingerprint density at radius 2 is 1.90 bits per heavy atom. The van der Waals surface area contributed by atoms with Crippen molar-refractivity contribution < 1.29 is 13.2 Å².